The maximum absolute atomic E-state index is 13.6. The van der Waals surface area contributed by atoms with Crippen molar-refractivity contribution in [2.75, 3.05) is 39.4 Å². The normalized spacial score (nSPS) is 13.9. The van der Waals surface area contributed by atoms with E-state index in [-0.39, 0.29) is 36.4 Å². The van der Waals surface area contributed by atoms with E-state index in [0.29, 0.717) is 51.6 Å². The van der Waals surface area contributed by atoms with E-state index in [2.05, 4.69) is 20.8 Å². The summed E-state index contributed by atoms with van der Waals surface area (Å²) in [6.45, 7) is 14.9. The molecule has 1 saturated heterocycles. The van der Waals surface area contributed by atoms with Crippen molar-refractivity contribution < 1.29 is 33.4 Å². The van der Waals surface area contributed by atoms with Crippen LogP contribution in [0.5, 0.6) is 0 Å². The highest BCUT2D eigenvalue weighted by Gasteiger charge is 2.29. The number of nitrogens with zero attached hydrogens (tertiary/aromatic N) is 2. The zero-order chi connectivity index (χ0) is 44.1. The Kier molecular flexibility index (Phi) is 34.6. The van der Waals surface area contributed by atoms with Crippen molar-refractivity contribution in [1.82, 2.24) is 9.80 Å². The third-order valence-electron chi connectivity index (χ3n) is 12.1. The van der Waals surface area contributed by atoms with Crippen LogP contribution in [0.1, 0.15) is 247 Å². The van der Waals surface area contributed by atoms with E-state index in [4.69, 9.17) is 14.2 Å². The third-order valence-corrected chi connectivity index (χ3v) is 12.1. The molecule has 9 heteroatoms. The molecule has 2 amide bonds. The predicted molar refractivity (Wildman–Crippen MR) is 248 cm³/mol. The molecule has 1 atom stereocenters. The van der Waals surface area contributed by atoms with E-state index in [9.17, 15) is 19.2 Å². The summed E-state index contributed by atoms with van der Waals surface area (Å²) in [7, 11) is 0. The number of carbonyl (C=O) groups is 4. The molecule has 1 heterocycles. The molecule has 0 bridgehead atoms. The van der Waals surface area contributed by atoms with Crippen molar-refractivity contribution in [3.63, 3.8) is 0 Å². The summed E-state index contributed by atoms with van der Waals surface area (Å²) in [5.41, 5.74) is -0.543. The van der Waals surface area contributed by atoms with Crippen LogP contribution in [0.2, 0.25) is 0 Å². The van der Waals surface area contributed by atoms with Crippen molar-refractivity contribution in [3.05, 3.63) is 0 Å². The maximum atomic E-state index is 13.6. The molecule has 0 radical (unpaired) electrons. The van der Waals surface area contributed by atoms with Crippen LogP contribution in [0.25, 0.3) is 0 Å². The van der Waals surface area contributed by atoms with Crippen LogP contribution < -0.4 is 0 Å². The molecule has 60 heavy (non-hydrogen) atoms. The Balaban J connectivity index is 2.51. The number of esters is 2. The van der Waals surface area contributed by atoms with Crippen molar-refractivity contribution >= 4 is 23.9 Å². The summed E-state index contributed by atoms with van der Waals surface area (Å²) in [5.74, 6) is 0.163. The summed E-state index contributed by atoms with van der Waals surface area (Å²) < 4.78 is 17.0. The first kappa shape index (κ1) is 55.7. The molecule has 1 aliphatic heterocycles. The highest BCUT2D eigenvalue weighted by Crippen LogP contribution is 2.24. The fraction of sp³-hybridized carbons (Fsp3) is 0.922. The van der Waals surface area contributed by atoms with E-state index >= 15 is 0 Å². The summed E-state index contributed by atoms with van der Waals surface area (Å²) in [6, 6.07) is 0. The number of hydrogen-bond donors (Lipinski definition) is 0. The molecule has 352 valence electrons. The zero-order valence-corrected chi connectivity index (χ0v) is 40.3. The minimum absolute atomic E-state index is 0.0261. The van der Waals surface area contributed by atoms with E-state index in [1.54, 1.807) is 9.80 Å². The topological polar surface area (TPSA) is 102 Å². The third kappa shape index (κ3) is 32.4. The minimum atomic E-state index is -0.543. The number of likely N-dealkylation sites (tertiary alicyclic amines) is 1. The first-order valence-corrected chi connectivity index (χ1v) is 25.6. The van der Waals surface area contributed by atoms with E-state index < -0.39 is 5.60 Å². The lowest BCUT2D eigenvalue weighted by Crippen LogP contribution is -2.43. The van der Waals surface area contributed by atoms with Crippen LogP contribution >= 0.6 is 0 Å². The largest absolute Gasteiger partial charge is 0.465 e. The Morgan fingerprint density at radius 3 is 1.58 bits per heavy atom. The number of piperidine rings is 1. The highest BCUT2D eigenvalue weighted by atomic mass is 16.6. The fourth-order valence-electron chi connectivity index (χ4n) is 8.24. The molecule has 0 aromatic rings. The van der Waals surface area contributed by atoms with Crippen molar-refractivity contribution in [2.45, 2.75) is 253 Å². The van der Waals surface area contributed by atoms with Gasteiger partial charge in [-0.05, 0) is 77.6 Å². The van der Waals surface area contributed by atoms with Crippen molar-refractivity contribution in [1.29, 1.82) is 0 Å². The Morgan fingerprint density at radius 2 is 1.05 bits per heavy atom. The molecule has 0 aliphatic carbocycles. The molecular formula is C51H96N2O7. The monoisotopic (exact) mass is 849 g/mol. The molecule has 0 N–H and O–H groups in total. The van der Waals surface area contributed by atoms with Crippen LogP contribution in [0.3, 0.4) is 0 Å². The Hall–Kier alpha value is -2.32. The smallest absolute Gasteiger partial charge is 0.410 e. The van der Waals surface area contributed by atoms with Gasteiger partial charge in [-0.2, -0.15) is 0 Å². The molecule has 1 aliphatic rings. The Labute approximate surface area is 369 Å². The maximum Gasteiger partial charge on any atom is 0.410 e. The van der Waals surface area contributed by atoms with E-state index in [0.717, 1.165) is 64.2 Å². The van der Waals surface area contributed by atoms with Gasteiger partial charge in [0.15, 0.2) is 0 Å². The van der Waals surface area contributed by atoms with Gasteiger partial charge in [-0.25, -0.2) is 4.79 Å². The second-order valence-electron chi connectivity index (χ2n) is 19.2. The van der Waals surface area contributed by atoms with Gasteiger partial charge in [-0.15, -0.1) is 0 Å². The predicted octanol–water partition coefficient (Wildman–Crippen LogP) is 13.9. The van der Waals surface area contributed by atoms with E-state index in [1.165, 1.54) is 128 Å². The van der Waals surface area contributed by atoms with Crippen molar-refractivity contribution in [2.24, 2.45) is 11.8 Å². The van der Waals surface area contributed by atoms with Crippen LogP contribution in [-0.2, 0) is 28.6 Å². The van der Waals surface area contributed by atoms with Gasteiger partial charge in [-0.3, -0.25) is 14.4 Å². The minimum Gasteiger partial charge on any atom is -0.465 e. The second kappa shape index (κ2) is 37.3. The molecule has 1 rings (SSSR count). The van der Waals surface area contributed by atoms with Gasteiger partial charge >= 0.3 is 18.0 Å². The van der Waals surface area contributed by atoms with Crippen LogP contribution in [0.4, 0.5) is 4.79 Å². The summed E-state index contributed by atoms with van der Waals surface area (Å²) in [6.07, 6.45) is 35.3. The SMILES string of the molecule is CCCCCCCCCCCCCCOC(=O)CN(CCCCCCC(=O)OCC(CCCCCC)CCCCCCCC)C(=O)CC1CCN(C(=O)OC(C)(C)C)CC1. The second-order valence-corrected chi connectivity index (χ2v) is 19.2. The van der Waals surface area contributed by atoms with Gasteiger partial charge < -0.3 is 24.0 Å². The zero-order valence-electron chi connectivity index (χ0n) is 40.3. The number of unbranched alkanes of at least 4 members (excludes halogenated alkanes) is 22. The lowest BCUT2D eigenvalue weighted by Gasteiger charge is -2.34. The van der Waals surface area contributed by atoms with Gasteiger partial charge in [0, 0.05) is 32.5 Å². The van der Waals surface area contributed by atoms with Crippen molar-refractivity contribution in [3.8, 4) is 0 Å². The first-order valence-electron chi connectivity index (χ1n) is 25.6. The standard InChI is InChI=1S/C51H96N2O7/c1-7-10-13-16-18-19-20-21-22-23-27-32-41-58-49(56)43-53(47(54)42-45-36-39-52(40-37-45)50(57)60-51(4,5)6)38-31-26-25-30-35-48(55)59-44-46(33-28-15-12-9-3)34-29-24-17-14-11-8-2/h45-46H,7-44H2,1-6H3. The lowest BCUT2D eigenvalue weighted by atomic mass is 9.93. The molecule has 0 aromatic carbocycles. The van der Waals surface area contributed by atoms with E-state index in [1.807, 2.05) is 20.8 Å². The number of hydrogen-bond acceptors (Lipinski definition) is 7. The highest BCUT2D eigenvalue weighted by molar-refractivity contribution is 5.82. The van der Waals surface area contributed by atoms with Crippen LogP contribution in [0, 0.1) is 11.8 Å². The van der Waals surface area contributed by atoms with Gasteiger partial charge in [0.05, 0.1) is 13.2 Å². The average molecular weight is 849 g/mol. The first-order chi connectivity index (χ1) is 29.0. The number of carbonyl (C=O) groups excluding carboxylic acids is 4. The summed E-state index contributed by atoms with van der Waals surface area (Å²) in [4.78, 5) is 55.3. The fourth-order valence-corrected chi connectivity index (χ4v) is 8.24. The molecule has 0 spiro atoms. The summed E-state index contributed by atoms with van der Waals surface area (Å²) in [5, 5.41) is 0. The number of rotatable bonds is 38. The van der Waals surface area contributed by atoms with Gasteiger partial charge in [0.2, 0.25) is 5.91 Å². The Morgan fingerprint density at radius 1 is 0.583 bits per heavy atom. The number of amides is 2. The average Bonchev–Trinajstić information content (AvgIpc) is 3.21. The van der Waals surface area contributed by atoms with Gasteiger partial charge in [0.25, 0.3) is 0 Å². The number of ether oxygens (including phenoxy) is 3. The van der Waals surface area contributed by atoms with Gasteiger partial charge in [-0.1, -0.05) is 168 Å². The molecule has 0 aromatic heterocycles. The molecular weight excluding hydrogens is 753 g/mol. The molecule has 1 unspecified atom stereocenters. The molecule has 9 nitrogen and oxygen atoms in total. The summed E-state index contributed by atoms with van der Waals surface area (Å²) >= 11 is 0. The lowest BCUT2D eigenvalue weighted by molar-refractivity contribution is -0.150. The molecule has 1 fully saturated rings. The van der Waals surface area contributed by atoms with Crippen LogP contribution in [-0.4, -0.2) is 78.7 Å². The molecule has 0 saturated carbocycles. The van der Waals surface area contributed by atoms with Gasteiger partial charge in [0.1, 0.15) is 12.1 Å². The Bertz CT molecular complexity index is 1070. The van der Waals surface area contributed by atoms with Crippen LogP contribution in [0.15, 0.2) is 0 Å². The quantitative estimate of drug-likeness (QED) is 0.0346.